The van der Waals surface area contributed by atoms with Crippen molar-refractivity contribution in [3.8, 4) is 0 Å². The maximum absolute atomic E-state index is 6.05. The summed E-state index contributed by atoms with van der Waals surface area (Å²) in [6.45, 7) is 5.15. The monoisotopic (exact) mass is 232 g/mol. The van der Waals surface area contributed by atoms with Crippen molar-refractivity contribution in [1.82, 2.24) is 9.55 Å². The molecule has 4 heteroatoms. The van der Waals surface area contributed by atoms with Crippen LogP contribution in [0.4, 0.5) is 11.6 Å². The van der Waals surface area contributed by atoms with Crippen LogP contribution in [0.1, 0.15) is 32.3 Å². The Morgan fingerprint density at radius 2 is 1.94 bits per heavy atom. The number of anilines is 2. The minimum atomic E-state index is 0.567. The maximum atomic E-state index is 6.05. The van der Waals surface area contributed by atoms with E-state index >= 15 is 0 Å². The molecular formula is C13H20N4. The van der Waals surface area contributed by atoms with Crippen molar-refractivity contribution in [2.75, 3.05) is 11.5 Å². The summed E-state index contributed by atoms with van der Waals surface area (Å²) >= 11 is 0. The Morgan fingerprint density at radius 3 is 2.59 bits per heavy atom. The van der Waals surface area contributed by atoms with Crippen LogP contribution < -0.4 is 11.5 Å². The fourth-order valence-corrected chi connectivity index (χ4v) is 2.26. The maximum Gasteiger partial charge on any atom is 0.201 e. The van der Waals surface area contributed by atoms with Gasteiger partial charge in [-0.1, -0.05) is 26.3 Å². The molecule has 0 aliphatic heterocycles. The standard InChI is InChI=1S/C13H20N4/c1-3-5-9-6-7-10(14)12-11(9)16-13(15)17(12)8-4-2/h6-7H,3-5,8,14H2,1-2H3,(H2,15,16). The van der Waals surface area contributed by atoms with E-state index in [1.165, 1.54) is 5.56 Å². The topological polar surface area (TPSA) is 69.9 Å². The first-order valence-electron chi connectivity index (χ1n) is 6.22. The van der Waals surface area contributed by atoms with Crippen LogP contribution in [0.15, 0.2) is 12.1 Å². The van der Waals surface area contributed by atoms with Crippen molar-refractivity contribution in [2.24, 2.45) is 0 Å². The van der Waals surface area contributed by atoms with Crippen LogP contribution in [0, 0.1) is 0 Å². The largest absolute Gasteiger partial charge is 0.397 e. The van der Waals surface area contributed by atoms with Crippen LogP contribution in [0.3, 0.4) is 0 Å². The Labute approximate surface area is 102 Å². The average molecular weight is 232 g/mol. The molecule has 0 aliphatic rings. The number of nitrogen functional groups attached to an aromatic ring is 2. The molecule has 0 amide bonds. The summed E-state index contributed by atoms with van der Waals surface area (Å²) in [5, 5.41) is 0. The number of hydrogen-bond donors (Lipinski definition) is 2. The van der Waals surface area contributed by atoms with Gasteiger partial charge >= 0.3 is 0 Å². The Kier molecular flexibility index (Phi) is 3.22. The minimum absolute atomic E-state index is 0.567. The Hall–Kier alpha value is -1.71. The van der Waals surface area contributed by atoms with E-state index in [-0.39, 0.29) is 0 Å². The molecule has 0 atom stereocenters. The molecule has 0 spiro atoms. The molecule has 4 N–H and O–H groups in total. The van der Waals surface area contributed by atoms with Gasteiger partial charge in [0.25, 0.3) is 0 Å². The van der Waals surface area contributed by atoms with Gasteiger partial charge < -0.3 is 16.0 Å². The number of hydrogen-bond acceptors (Lipinski definition) is 3. The summed E-state index contributed by atoms with van der Waals surface area (Å²) in [6.07, 6.45) is 3.13. The number of aryl methyl sites for hydroxylation is 2. The second-order valence-corrected chi connectivity index (χ2v) is 4.38. The molecule has 1 aromatic carbocycles. The van der Waals surface area contributed by atoms with E-state index in [1.54, 1.807) is 0 Å². The Bertz CT molecular complexity index is 528. The van der Waals surface area contributed by atoms with Crippen molar-refractivity contribution in [1.29, 1.82) is 0 Å². The highest BCUT2D eigenvalue weighted by Crippen LogP contribution is 2.27. The molecule has 92 valence electrons. The quantitative estimate of drug-likeness (QED) is 0.796. The smallest absolute Gasteiger partial charge is 0.201 e. The van der Waals surface area contributed by atoms with Crippen LogP contribution in [0.5, 0.6) is 0 Å². The number of aromatic nitrogens is 2. The summed E-state index contributed by atoms with van der Waals surface area (Å²) in [5.41, 5.74) is 16.0. The molecule has 0 unspecified atom stereocenters. The van der Waals surface area contributed by atoms with E-state index in [0.29, 0.717) is 5.95 Å². The number of nitrogens with zero attached hydrogens (tertiary/aromatic N) is 2. The van der Waals surface area contributed by atoms with Crippen molar-refractivity contribution in [3.05, 3.63) is 17.7 Å². The fourth-order valence-electron chi connectivity index (χ4n) is 2.26. The average Bonchev–Trinajstić information content (AvgIpc) is 2.62. The Morgan fingerprint density at radius 1 is 1.18 bits per heavy atom. The zero-order valence-corrected chi connectivity index (χ0v) is 10.5. The molecule has 4 nitrogen and oxygen atoms in total. The molecule has 0 saturated heterocycles. The SMILES string of the molecule is CCCc1ccc(N)c2c1nc(N)n2CCC. The van der Waals surface area contributed by atoms with Crippen molar-refractivity contribution < 1.29 is 0 Å². The third-order valence-electron chi connectivity index (χ3n) is 3.01. The van der Waals surface area contributed by atoms with Gasteiger partial charge in [0.15, 0.2) is 0 Å². The first-order chi connectivity index (χ1) is 8.19. The third kappa shape index (κ3) is 1.95. The highest BCUT2D eigenvalue weighted by molar-refractivity contribution is 5.91. The van der Waals surface area contributed by atoms with Gasteiger partial charge in [0, 0.05) is 6.54 Å². The summed E-state index contributed by atoms with van der Waals surface area (Å²) in [4.78, 5) is 4.47. The van der Waals surface area contributed by atoms with Gasteiger partial charge in [-0.15, -0.1) is 0 Å². The summed E-state index contributed by atoms with van der Waals surface area (Å²) < 4.78 is 2.02. The van der Waals surface area contributed by atoms with Crippen LogP contribution in [-0.4, -0.2) is 9.55 Å². The predicted octanol–water partition coefficient (Wildman–Crippen LogP) is 2.56. The van der Waals surface area contributed by atoms with Crippen LogP contribution in [0.25, 0.3) is 11.0 Å². The summed E-state index contributed by atoms with van der Waals surface area (Å²) in [6, 6.07) is 4.02. The summed E-state index contributed by atoms with van der Waals surface area (Å²) in [7, 11) is 0. The molecule has 0 radical (unpaired) electrons. The van der Waals surface area contributed by atoms with E-state index in [2.05, 4.69) is 24.9 Å². The van der Waals surface area contributed by atoms with Gasteiger partial charge in [-0.05, 0) is 24.5 Å². The second-order valence-electron chi connectivity index (χ2n) is 4.38. The molecular weight excluding hydrogens is 212 g/mol. The first kappa shape index (κ1) is 11.8. The Balaban J connectivity index is 2.68. The molecule has 0 aliphatic carbocycles. The third-order valence-corrected chi connectivity index (χ3v) is 3.01. The molecule has 0 fully saturated rings. The lowest BCUT2D eigenvalue weighted by Crippen LogP contribution is -2.04. The lowest BCUT2D eigenvalue weighted by Gasteiger charge is -2.07. The van der Waals surface area contributed by atoms with Gasteiger partial charge in [-0.3, -0.25) is 0 Å². The number of rotatable bonds is 4. The summed E-state index contributed by atoms with van der Waals surface area (Å²) in [5.74, 6) is 0.567. The van der Waals surface area contributed by atoms with E-state index in [0.717, 1.165) is 42.5 Å². The van der Waals surface area contributed by atoms with Crippen LogP contribution in [0.2, 0.25) is 0 Å². The van der Waals surface area contributed by atoms with E-state index < -0.39 is 0 Å². The van der Waals surface area contributed by atoms with Crippen molar-refractivity contribution in [3.63, 3.8) is 0 Å². The molecule has 0 bridgehead atoms. The molecule has 2 rings (SSSR count). The van der Waals surface area contributed by atoms with Crippen LogP contribution >= 0.6 is 0 Å². The molecule has 2 aromatic rings. The van der Waals surface area contributed by atoms with Gasteiger partial charge in [-0.25, -0.2) is 4.98 Å². The minimum Gasteiger partial charge on any atom is -0.397 e. The molecule has 1 heterocycles. The second kappa shape index (κ2) is 4.65. The fraction of sp³-hybridized carbons (Fsp3) is 0.462. The number of benzene rings is 1. The van der Waals surface area contributed by atoms with Crippen molar-refractivity contribution >= 4 is 22.7 Å². The number of imidazole rings is 1. The molecule has 0 saturated carbocycles. The first-order valence-corrected chi connectivity index (χ1v) is 6.22. The normalized spacial score (nSPS) is 11.2. The molecule has 1 aromatic heterocycles. The van der Waals surface area contributed by atoms with Gasteiger partial charge in [0.1, 0.15) is 0 Å². The van der Waals surface area contributed by atoms with E-state index in [1.807, 2.05) is 10.6 Å². The predicted molar refractivity (Wildman–Crippen MR) is 72.8 cm³/mol. The lowest BCUT2D eigenvalue weighted by atomic mass is 10.1. The zero-order valence-electron chi connectivity index (χ0n) is 10.5. The zero-order chi connectivity index (χ0) is 12.4. The van der Waals surface area contributed by atoms with Gasteiger partial charge in [-0.2, -0.15) is 0 Å². The van der Waals surface area contributed by atoms with Crippen molar-refractivity contribution in [2.45, 2.75) is 39.7 Å². The lowest BCUT2D eigenvalue weighted by molar-refractivity contribution is 0.707. The van der Waals surface area contributed by atoms with E-state index in [9.17, 15) is 0 Å². The van der Waals surface area contributed by atoms with Gasteiger partial charge in [0.2, 0.25) is 5.95 Å². The number of nitrogens with two attached hydrogens (primary N) is 2. The van der Waals surface area contributed by atoms with Crippen LogP contribution in [-0.2, 0) is 13.0 Å². The van der Waals surface area contributed by atoms with E-state index in [4.69, 9.17) is 11.5 Å². The molecule has 17 heavy (non-hydrogen) atoms. The highest BCUT2D eigenvalue weighted by atomic mass is 15.2. The highest BCUT2D eigenvalue weighted by Gasteiger charge is 2.13. The van der Waals surface area contributed by atoms with Gasteiger partial charge in [0.05, 0.1) is 16.7 Å². The number of fused-ring (bicyclic) bond motifs is 1.